The van der Waals surface area contributed by atoms with Crippen molar-refractivity contribution >= 4 is 30.0 Å². The molecule has 0 aliphatic carbocycles. The number of urea groups is 2. The maximum atomic E-state index is 14.1. The van der Waals surface area contributed by atoms with Crippen LogP contribution in [0.1, 0.15) is 65.7 Å². The van der Waals surface area contributed by atoms with Crippen molar-refractivity contribution in [3.05, 3.63) is 62.9 Å². The number of carbonyl (C=O) groups excluding carboxylic acids is 5. The summed E-state index contributed by atoms with van der Waals surface area (Å²) >= 11 is 0. The molecule has 2 fully saturated rings. The minimum Gasteiger partial charge on any atom is -0.468 e. The van der Waals surface area contributed by atoms with Crippen molar-refractivity contribution in [2.24, 2.45) is 0 Å². The lowest BCUT2D eigenvalue weighted by atomic mass is 10.3. The van der Waals surface area contributed by atoms with Gasteiger partial charge >= 0.3 is 64.1 Å². The molecule has 0 aromatic carbocycles. The van der Waals surface area contributed by atoms with Gasteiger partial charge in [-0.15, -0.1) is 0 Å². The lowest BCUT2D eigenvalue weighted by Gasteiger charge is -2.29. The molecule has 0 radical (unpaired) electrons. The molecule has 2 aromatic rings. The number of amides is 4. The zero-order chi connectivity index (χ0) is 54.5. The molecule has 3 N–H and O–H groups in total. The molecule has 4 rings (SSSR count). The number of nitrogens with zero attached hydrogens (tertiary/aromatic N) is 10. The largest absolute Gasteiger partial charge is 0.468 e. The quantitative estimate of drug-likeness (QED) is 0.0334. The van der Waals surface area contributed by atoms with Crippen molar-refractivity contribution < 1.29 is 72.5 Å². The van der Waals surface area contributed by atoms with Gasteiger partial charge < -0.3 is 48.5 Å². The zero-order valence-electron chi connectivity index (χ0n) is 42.1. The lowest BCUT2D eigenvalue weighted by molar-refractivity contribution is -0.145. The predicted octanol–water partition coefficient (Wildman–Crippen LogP) is -4.22. The van der Waals surface area contributed by atoms with E-state index in [0.29, 0.717) is 33.5 Å². The number of esters is 3. The highest BCUT2D eigenvalue weighted by Crippen LogP contribution is 2.35. The number of hydrogen-bond donors (Lipinski definition) is 3. The van der Waals surface area contributed by atoms with E-state index in [9.17, 15) is 63.0 Å². The average molecular weight is 1060 g/mol. The highest BCUT2D eigenvalue weighted by atomic mass is 16.5. The van der Waals surface area contributed by atoms with Crippen LogP contribution in [0.3, 0.4) is 0 Å². The van der Waals surface area contributed by atoms with E-state index >= 15 is 0 Å². The van der Waals surface area contributed by atoms with Gasteiger partial charge in [0.2, 0.25) is 0 Å². The third-order valence-electron chi connectivity index (χ3n) is 11.5. The Bertz CT molecular complexity index is 2580. The minimum atomic E-state index is -1.51. The van der Waals surface area contributed by atoms with Crippen LogP contribution in [-0.2, 0) is 86.8 Å². The third kappa shape index (κ3) is 15.3. The molecule has 74 heavy (non-hydrogen) atoms. The summed E-state index contributed by atoms with van der Waals surface area (Å²) in [5, 5.41) is 28.2. The van der Waals surface area contributed by atoms with Crippen LogP contribution < -0.4 is 34.1 Å². The molecular weight excluding hydrogens is 993 g/mol. The SMILES string of the molecule is CCCCOCN1C(=O)N(COCCCC)C2C1N(COCCCC)C(=O)N2COCCn1c(=O)n(CCO)c(=O)n(CCOC(=O)Cn2c(=O)n(CC(=O)OC)c(=O)n(CC(=O)OCCC(O)CO)c2=O)c1=O. The number of methoxy groups -OCH3 is 1. The van der Waals surface area contributed by atoms with Crippen LogP contribution in [-0.4, -0.2) is 198 Å². The van der Waals surface area contributed by atoms with Crippen LogP contribution >= 0.6 is 0 Å². The molecule has 2 aromatic heterocycles. The van der Waals surface area contributed by atoms with Crippen molar-refractivity contribution in [2.45, 2.75) is 123 Å². The highest BCUT2D eigenvalue weighted by Gasteiger charge is 2.59. The standard InChI is InChI=1S/C43H68N10O21/c1-5-8-16-69-26-50-34-35(52(42(50)66)28-71-18-10-7-3)53(43(67)51(34)27-70-17-9-6-2)29-72-20-13-45-36(60)44(12-15-54)37(61)46(38(45)62)14-21-74-33(59)24-49-40(64)47(22-31(57)68-4)39(63)48(41(49)65)23-32(58)73-19-11-30(56)25-55/h30,34-35,54-56H,5-29H2,1-4H3. The Balaban J connectivity index is 1.54. The van der Waals surface area contributed by atoms with Crippen LogP contribution in [0.25, 0.3) is 0 Å². The first-order valence-electron chi connectivity index (χ1n) is 24.1. The zero-order valence-corrected chi connectivity index (χ0v) is 42.1. The summed E-state index contributed by atoms with van der Waals surface area (Å²) in [7, 11) is 0.938. The third-order valence-corrected chi connectivity index (χ3v) is 11.5. The molecule has 3 unspecified atom stereocenters. The number of fused-ring (bicyclic) bond motifs is 1. The van der Waals surface area contributed by atoms with Crippen molar-refractivity contribution in [1.29, 1.82) is 0 Å². The Hall–Kier alpha value is -6.51. The molecule has 3 atom stereocenters. The minimum absolute atomic E-state index is 0.131. The van der Waals surface area contributed by atoms with Gasteiger partial charge in [0.1, 0.15) is 53.2 Å². The van der Waals surface area contributed by atoms with E-state index in [-0.39, 0.29) is 40.3 Å². The van der Waals surface area contributed by atoms with E-state index in [1.54, 1.807) is 0 Å². The van der Waals surface area contributed by atoms with E-state index in [0.717, 1.165) is 45.6 Å². The Morgan fingerprint density at radius 1 is 0.473 bits per heavy atom. The second-order valence-electron chi connectivity index (χ2n) is 16.8. The number of aliphatic hydroxyl groups is 3. The molecule has 416 valence electrons. The molecule has 4 heterocycles. The molecule has 0 saturated carbocycles. The fourth-order valence-electron chi connectivity index (χ4n) is 7.47. The van der Waals surface area contributed by atoms with Gasteiger partial charge in [-0.3, -0.25) is 34.0 Å². The summed E-state index contributed by atoms with van der Waals surface area (Å²) in [6.07, 6.45) is 1.42. The molecule has 0 bridgehead atoms. The maximum Gasteiger partial charge on any atom is 0.337 e. The van der Waals surface area contributed by atoms with E-state index in [1.807, 2.05) is 20.8 Å². The lowest BCUT2D eigenvalue weighted by Crippen LogP contribution is -2.56. The smallest absolute Gasteiger partial charge is 0.337 e. The van der Waals surface area contributed by atoms with Gasteiger partial charge in [-0.2, -0.15) is 0 Å². The fourth-order valence-corrected chi connectivity index (χ4v) is 7.47. The molecule has 2 aliphatic rings. The maximum absolute atomic E-state index is 14.1. The first-order valence-corrected chi connectivity index (χ1v) is 24.1. The van der Waals surface area contributed by atoms with Crippen molar-refractivity contribution in [1.82, 2.24) is 47.0 Å². The predicted molar refractivity (Wildman–Crippen MR) is 251 cm³/mol. The number of rotatable bonds is 35. The summed E-state index contributed by atoms with van der Waals surface area (Å²) in [4.78, 5) is 152. The first kappa shape index (κ1) is 60.0. The van der Waals surface area contributed by atoms with E-state index < -0.39 is 162 Å². The van der Waals surface area contributed by atoms with E-state index in [4.69, 9.17) is 33.5 Å². The van der Waals surface area contributed by atoms with E-state index in [2.05, 4.69) is 4.74 Å². The van der Waals surface area contributed by atoms with Crippen LogP contribution in [0, 0.1) is 0 Å². The molecule has 2 aliphatic heterocycles. The number of unbranched alkanes of at least 4 members (excludes halogenated alkanes) is 3. The summed E-state index contributed by atoms with van der Waals surface area (Å²) in [6, 6.07) is -1.02. The van der Waals surface area contributed by atoms with Gasteiger partial charge in [0.05, 0.1) is 59.3 Å². The second kappa shape index (κ2) is 30.0. The van der Waals surface area contributed by atoms with Crippen molar-refractivity contribution in [2.75, 3.05) is 86.9 Å². The van der Waals surface area contributed by atoms with Gasteiger partial charge in [-0.25, -0.2) is 65.8 Å². The van der Waals surface area contributed by atoms with Gasteiger partial charge in [-0.1, -0.05) is 40.0 Å². The van der Waals surface area contributed by atoms with Crippen LogP contribution in [0.2, 0.25) is 0 Å². The topological polar surface area (TPSA) is 356 Å². The molecule has 2 saturated heterocycles. The fraction of sp³-hybridized carbons (Fsp3) is 0.744. The van der Waals surface area contributed by atoms with Gasteiger partial charge in [0.25, 0.3) is 0 Å². The average Bonchev–Trinajstić information content (AvgIpc) is 3.80. The Labute approximate surface area is 422 Å². The number of carbonyl (C=O) groups is 5. The van der Waals surface area contributed by atoms with E-state index in [1.165, 1.54) is 19.6 Å². The normalized spacial score (nSPS) is 15.8. The Kier molecular flexibility index (Phi) is 24.3. The summed E-state index contributed by atoms with van der Waals surface area (Å²) in [5.41, 5.74) is -8.00. The van der Waals surface area contributed by atoms with Crippen LogP contribution in [0.15, 0.2) is 28.8 Å². The first-order chi connectivity index (χ1) is 35.5. The van der Waals surface area contributed by atoms with Crippen molar-refractivity contribution in [3.63, 3.8) is 0 Å². The molecule has 31 heteroatoms. The van der Waals surface area contributed by atoms with Crippen LogP contribution in [0.5, 0.6) is 0 Å². The number of aliphatic hydroxyl groups excluding tert-OH is 3. The summed E-state index contributed by atoms with van der Waals surface area (Å²) < 4.78 is 40.1. The molecular formula is C43H68N10O21. The van der Waals surface area contributed by atoms with Gasteiger partial charge in [0, 0.05) is 26.2 Å². The van der Waals surface area contributed by atoms with Crippen molar-refractivity contribution in [3.8, 4) is 0 Å². The number of ether oxygens (including phenoxy) is 7. The van der Waals surface area contributed by atoms with Gasteiger partial charge in [0.15, 0.2) is 12.3 Å². The molecule has 4 amide bonds. The number of aromatic nitrogens is 6. The summed E-state index contributed by atoms with van der Waals surface area (Å²) in [6.45, 7) is -2.17. The second-order valence-corrected chi connectivity index (χ2v) is 16.8. The monoisotopic (exact) mass is 1060 g/mol. The van der Waals surface area contributed by atoms with Gasteiger partial charge in [-0.05, 0) is 19.3 Å². The number of hydrogen-bond acceptors (Lipinski definition) is 21. The Morgan fingerprint density at radius 3 is 1.18 bits per heavy atom. The Morgan fingerprint density at radius 2 is 0.811 bits per heavy atom. The highest BCUT2D eigenvalue weighted by molar-refractivity contribution is 5.85. The summed E-state index contributed by atoms with van der Waals surface area (Å²) in [5.74, 6) is -3.69. The van der Waals surface area contributed by atoms with Crippen LogP contribution in [0.4, 0.5) is 9.59 Å². The molecule has 0 spiro atoms. The molecule has 31 nitrogen and oxygen atoms in total.